The lowest BCUT2D eigenvalue weighted by molar-refractivity contribution is -0.144. The number of carboxylic acid groups (broad SMARTS) is 1. The topological polar surface area (TPSA) is 90.1 Å². The molecule has 2 aromatic rings. The lowest BCUT2D eigenvalue weighted by Gasteiger charge is -2.10. The fourth-order valence-corrected chi connectivity index (χ4v) is 2.28. The van der Waals surface area contributed by atoms with Gasteiger partial charge in [-0.1, -0.05) is 12.1 Å². The number of hydrogen-bond donors (Lipinski definition) is 1. The first kappa shape index (κ1) is 13.5. The molecule has 1 heterocycles. The highest BCUT2D eigenvalue weighted by molar-refractivity contribution is 5.77. The van der Waals surface area contributed by atoms with E-state index in [1.54, 1.807) is 11.8 Å². The maximum absolute atomic E-state index is 11.3. The highest BCUT2D eigenvalue weighted by Crippen LogP contribution is 2.47. The lowest BCUT2D eigenvalue weighted by Crippen LogP contribution is -2.23. The summed E-state index contributed by atoms with van der Waals surface area (Å²) in [5, 5.41) is 20.8. The average molecular weight is 288 g/mol. The van der Waals surface area contributed by atoms with E-state index in [-0.39, 0.29) is 0 Å². The maximum Gasteiger partial charge on any atom is 0.311 e. The van der Waals surface area contributed by atoms with Gasteiger partial charge in [-0.3, -0.25) is 4.79 Å². The second kappa shape index (κ2) is 5.16. The van der Waals surface area contributed by atoms with E-state index in [2.05, 4.69) is 15.5 Å². The number of aromatic nitrogens is 4. The molecular formula is C14H16N4O3. The Morgan fingerprint density at radius 3 is 2.67 bits per heavy atom. The Bertz CT molecular complexity index is 646. The van der Waals surface area contributed by atoms with Crippen molar-refractivity contribution in [3.05, 3.63) is 35.7 Å². The summed E-state index contributed by atoms with van der Waals surface area (Å²) in [6.07, 6.45) is 1.93. The number of carbonyl (C=O) groups is 1. The van der Waals surface area contributed by atoms with Gasteiger partial charge in [-0.15, -0.1) is 5.10 Å². The van der Waals surface area contributed by atoms with Crippen molar-refractivity contribution in [3.63, 3.8) is 0 Å². The second-order valence-corrected chi connectivity index (χ2v) is 5.36. The SMILES string of the molecule is COc1ccc(Cc2nnnn2CC2(C(=O)O)CC2)cc1. The van der Waals surface area contributed by atoms with Crippen LogP contribution < -0.4 is 4.74 Å². The van der Waals surface area contributed by atoms with Crippen molar-refractivity contribution in [3.8, 4) is 5.75 Å². The van der Waals surface area contributed by atoms with E-state index in [0.29, 0.717) is 31.6 Å². The van der Waals surface area contributed by atoms with E-state index in [9.17, 15) is 9.90 Å². The highest BCUT2D eigenvalue weighted by Gasteiger charge is 2.51. The number of benzene rings is 1. The van der Waals surface area contributed by atoms with Crippen LogP contribution in [0.5, 0.6) is 5.75 Å². The van der Waals surface area contributed by atoms with E-state index in [0.717, 1.165) is 11.3 Å². The molecule has 1 aliphatic rings. The predicted octanol–water partition coefficient (Wildman–Crippen LogP) is 1.14. The summed E-state index contributed by atoms with van der Waals surface area (Å²) in [5.74, 6) is 0.697. The third-order valence-electron chi connectivity index (χ3n) is 3.89. The van der Waals surface area contributed by atoms with Gasteiger partial charge >= 0.3 is 5.97 Å². The van der Waals surface area contributed by atoms with Gasteiger partial charge < -0.3 is 9.84 Å². The molecule has 110 valence electrons. The Morgan fingerprint density at radius 1 is 1.38 bits per heavy atom. The first-order valence-electron chi connectivity index (χ1n) is 6.74. The number of nitrogens with zero attached hydrogens (tertiary/aromatic N) is 4. The molecule has 0 spiro atoms. The number of aliphatic carboxylic acids is 1. The summed E-state index contributed by atoms with van der Waals surface area (Å²) in [7, 11) is 1.62. The normalized spacial score (nSPS) is 15.7. The zero-order chi connectivity index (χ0) is 14.9. The van der Waals surface area contributed by atoms with E-state index < -0.39 is 11.4 Å². The van der Waals surface area contributed by atoms with E-state index >= 15 is 0 Å². The molecule has 1 aromatic carbocycles. The molecule has 0 bridgehead atoms. The van der Waals surface area contributed by atoms with Gasteiger partial charge in [0.1, 0.15) is 5.75 Å². The molecule has 1 aliphatic carbocycles. The molecule has 0 saturated heterocycles. The van der Waals surface area contributed by atoms with E-state index in [4.69, 9.17) is 4.74 Å². The summed E-state index contributed by atoms with van der Waals surface area (Å²) < 4.78 is 6.72. The number of rotatable bonds is 6. The molecule has 0 amide bonds. The third-order valence-corrected chi connectivity index (χ3v) is 3.89. The number of tetrazole rings is 1. The van der Waals surface area contributed by atoms with Crippen molar-refractivity contribution in [1.82, 2.24) is 20.2 Å². The molecule has 1 aromatic heterocycles. The quantitative estimate of drug-likeness (QED) is 0.857. The highest BCUT2D eigenvalue weighted by atomic mass is 16.5. The van der Waals surface area contributed by atoms with Crippen LogP contribution >= 0.6 is 0 Å². The summed E-state index contributed by atoms with van der Waals surface area (Å²) in [4.78, 5) is 11.3. The largest absolute Gasteiger partial charge is 0.497 e. The van der Waals surface area contributed by atoms with Gasteiger partial charge in [0, 0.05) is 6.42 Å². The molecule has 1 saturated carbocycles. The van der Waals surface area contributed by atoms with E-state index in [1.165, 1.54) is 0 Å². The van der Waals surface area contributed by atoms with Gasteiger partial charge in [-0.05, 0) is 41.0 Å². The van der Waals surface area contributed by atoms with Crippen LogP contribution in [0.2, 0.25) is 0 Å². The molecule has 0 radical (unpaired) electrons. The first-order valence-corrected chi connectivity index (χ1v) is 6.74. The molecule has 0 unspecified atom stereocenters. The zero-order valence-electron chi connectivity index (χ0n) is 11.7. The smallest absolute Gasteiger partial charge is 0.311 e. The molecule has 21 heavy (non-hydrogen) atoms. The minimum Gasteiger partial charge on any atom is -0.497 e. The van der Waals surface area contributed by atoms with Crippen LogP contribution in [0.4, 0.5) is 0 Å². The second-order valence-electron chi connectivity index (χ2n) is 5.36. The molecule has 3 rings (SSSR count). The van der Waals surface area contributed by atoms with Crippen LogP contribution in [0.1, 0.15) is 24.2 Å². The third kappa shape index (κ3) is 2.72. The van der Waals surface area contributed by atoms with Crippen LogP contribution in [0.15, 0.2) is 24.3 Å². The summed E-state index contributed by atoms with van der Waals surface area (Å²) in [5.41, 5.74) is 0.372. The molecule has 0 aliphatic heterocycles. The minimum absolute atomic E-state index is 0.334. The van der Waals surface area contributed by atoms with Gasteiger partial charge in [0.2, 0.25) is 0 Å². The Labute approximate surface area is 121 Å². The Balaban J connectivity index is 1.74. The van der Waals surface area contributed by atoms with Crippen LogP contribution in [0.25, 0.3) is 0 Å². The number of carboxylic acids is 1. The van der Waals surface area contributed by atoms with Crippen LogP contribution in [-0.2, 0) is 17.8 Å². The standard InChI is InChI=1S/C14H16N4O3/c1-21-11-4-2-10(3-5-11)8-12-15-16-17-18(12)9-14(6-7-14)13(19)20/h2-5H,6-9H2,1H3,(H,19,20). The van der Waals surface area contributed by atoms with Gasteiger partial charge in [0.15, 0.2) is 5.82 Å². The average Bonchev–Trinajstić information content (AvgIpc) is 3.15. The molecule has 1 N–H and O–H groups in total. The molecule has 0 atom stereocenters. The van der Waals surface area contributed by atoms with Crippen molar-refractivity contribution < 1.29 is 14.6 Å². The van der Waals surface area contributed by atoms with Crippen LogP contribution in [-0.4, -0.2) is 38.4 Å². The molecular weight excluding hydrogens is 272 g/mol. The number of methoxy groups -OCH3 is 1. The lowest BCUT2D eigenvalue weighted by atomic mass is 10.1. The van der Waals surface area contributed by atoms with Crippen LogP contribution in [0.3, 0.4) is 0 Å². The minimum atomic E-state index is -0.770. The summed E-state index contributed by atoms with van der Waals surface area (Å²) in [6.45, 7) is 0.334. The summed E-state index contributed by atoms with van der Waals surface area (Å²) >= 11 is 0. The number of hydrogen-bond acceptors (Lipinski definition) is 5. The van der Waals surface area contributed by atoms with Crippen molar-refractivity contribution in [2.45, 2.75) is 25.8 Å². The predicted molar refractivity (Wildman–Crippen MR) is 72.9 cm³/mol. The Hall–Kier alpha value is -2.44. The monoisotopic (exact) mass is 288 g/mol. The molecule has 1 fully saturated rings. The van der Waals surface area contributed by atoms with Crippen molar-refractivity contribution in [1.29, 1.82) is 0 Å². The first-order chi connectivity index (χ1) is 10.1. The maximum atomic E-state index is 11.3. The van der Waals surface area contributed by atoms with Gasteiger partial charge in [0.05, 0.1) is 19.1 Å². The van der Waals surface area contributed by atoms with Crippen molar-refractivity contribution in [2.24, 2.45) is 5.41 Å². The Morgan fingerprint density at radius 2 is 2.10 bits per heavy atom. The van der Waals surface area contributed by atoms with Crippen molar-refractivity contribution in [2.75, 3.05) is 7.11 Å². The van der Waals surface area contributed by atoms with E-state index in [1.807, 2.05) is 24.3 Å². The molecule has 7 nitrogen and oxygen atoms in total. The van der Waals surface area contributed by atoms with Gasteiger partial charge in [-0.25, -0.2) is 4.68 Å². The van der Waals surface area contributed by atoms with Gasteiger partial charge in [0.25, 0.3) is 0 Å². The Kier molecular flexibility index (Phi) is 3.32. The fourth-order valence-electron chi connectivity index (χ4n) is 2.28. The number of ether oxygens (including phenoxy) is 1. The summed E-state index contributed by atoms with van der Waals surface area (Å²) in [6, 6.07) is 7.65. The van der Waals surface area contributed by atoms with Crippen molar-refractivity contribution >= 4 is 5.97 Å². The molecule has 7 heteroatoms. The van der Waals surface area contributed by atoms with Gasteiger partial charge in [-0.2, -0.15) is 0 Å². The van der Waals surface area contributed by atoms with Crippen LogP contribution in [0, 0.1) is 5.41 Å². The zero-order valence-corrected chi connectivity index (χ0v) is 11.7. The fraction of sp³-hybridized carbons (Fsp3) is 0.429.